The third-order valence-electron chi connectivity index (χ3n) is 5.27. The van der Waals surface area contributed by atoms with E-state index in [1.807, 2.05) is 42.5 Å². The molecule has 1 aromatic carbocycles. The van der Waals surface area contributed by atoms with E-state index in [0.29, 0.717) is 19.3 Å². The lowest BCUT2D eigenvalue weighted by Crippen LogP contribution is -2.16. The van der Waals surface area contributed by atoms with Gasteiger partial charge in [0.1, 0.15) is 18.1 Å². The summed E-state index contributed by atoms with van der Waals surface area (Å²) in [6.45, 7) is 0. The van der Waals surface area contributed by atoms with E-state index in [9.17, 15) is 19.1 Å². The number of unbranched alkanes of at least 4 members (excludes halogenated alkanes) is 1. The van der Waals surface area contributed by atoms with E-state index in [0.717, 1.165) is 15.0 Å². The Morgan fingerprint density at radius 3 is 2.86 bits per heavy atom. The zero-order chi connectivity index (χ0) is 20.8. The van der Waals surface area contributed by atoms with Crippen LogP contribution < -0.4 is 0 Å². The number of hydrogen-bond acceptors (Lipinski definition) is 4. The molecule has 2 N–H and O–H groups in total. The quantitative estimate of drug-likeness (QED) is 0.433. The molecule has 0 saturated heterocycles. The second-order valence-corrected chi connectivity index (χ2v) is 8.50. The van der Waals surface area contributed by atoms with E-state index in [1.54, 1.807) is 12.2 Å². The second kappa shape index (κ2) is 9.94. The number of Topliss-reactive ketones (excluding diaryl/α,β-unsaturated/α-hetero) is 1. The molecule has 4 atom stereocenters. The summed E-state index contributed by atoms with van der Waals surface area (Å²) in [5, 5.41) is 20.2. The average molecular weight is 417 g/mol. The van der Waals surface area contributed by atoms with E-state index in [1.165, 1.54) is 11.3 Å². The molecule has 0 amide bonds. The largest absolute Gasteiger partial charge is 0.481 e. The predicted octanol–water partition coefficient (Wildman–Crippen LogP) is 5.24. The molecule has 1 aromatic heterocycles. The van der Waals surface area contributed by atoms with Crippen LogP contribution in [-0.4, -0.2) is 28.1 Å². The Morgan fingerprint density at radius 2 is 2.10 bits per heavy atom. The van der Waals surface area contributed by atoms with E-state index >= 15 is 0 Å². The number of fused-ring (bicyclic) bond motifs is 1. The summed E-state index contributed by atoms with van der Waals surface area (Å²) in [5.41, 5.74) is 0. The number of carbonyl (C=O) groups is 2. The van der Waals surface area contributed by atoms with Gasteiger partial charge in [-0.05, 0) is 36.8 Å². The standard InChI is InChI=1S/C23H25FO4S/c24-18-14-20(26)17(16(18)8-3-1-2-4-10-23(27)28)11-12-19(25)22-13-15-7-5-6-9-21(15)29-22/h1,3,5-7,9,11-13,16-19,25H,2,4,8,10,14H2,(H,27,28)/b3-1-,12-11+/t16-,17-,18?,19-/m1/s1. The molecule has 1 unspecified atom stereocenters. The molecule has 3 rings (SSSR count). The smallest absolute Gasteiger partial charge is 0.303 e. The summed E-state index contributed by atoms with van der Waals surface area (Å²) in [6.07, 6.45) is 6.52. The molecule has 0 bridgehead atoms. The molecule has 154 valence electrons. The van der Waals surface area contributed by atoms with Gasteiger partial charge in [-0.1, -0.05) is 42.5 Å². The topological polar surface area (TPSA) is 74.6 Å². The second-order valence-electron chi connectivity index (χ2n) is 7.39. The molecule has 29 heavy (non-hydrogen) atoms. The number of aliphatic hydroxyl groups is 1. The van der Waals surface area contributed by atoms with Crippen molar-refractivity contribution in [2.45, 2.75) is 44.4 Å². The molecule has 1 aliphatic rings. The summed E-state index contributed by atoms with van der Waals surface area (Å²) in [6, 6.07) is 9.80. The fourth-order valence-electron chi connectivity index (χ4n) is 3.70. The first-order chi connectivity index (χ1) is 14.0. The molecular formula is C23H25FO4S. The number of allylic oxidation sites excluding steroid dienone is 3. The van der Waals surface area contributed by atoms with Crippen molar-refractivity contribution in [1.29, 1.82) is 0 Å². The van der Waals surface area contributed by atoms with Crippen molar-refractivity contribution < 1.29 is 24.2 Å². The Bertz CT molecular complexity index is 883. The van der Waals surface area contributed by atoms with Crippen LogP contribution in [-0.2, 0) is 9.59 Å². The Hall–Kier alpha value is -2.31. The normalized spacial score (nSPS) is 23.5. The van der Waals surface area contributed by atoms with Gasteiger partial charge in [-0.25, -0.2) is 4.39 Å². The summed E-state index contributed by atoms with van der Waals surface area (Å²) in [4.78, 5) is 23.5. The van der Waals surface area contributed by atoms with Crippen LogP contribution >= 0.6 is 11.3 Å². The van der Waals surface area contributed by atoms with Gasteiger partial charge in [-0.3, -0.25) is 9.59 Å². The number of aliphatic carboxylic acids is 1. The highest BCUT2D eigenvalue weighted by atomic mass is 32.1. The van der Waals surface area contributed by atoms with Crippen molar-refractivity contribution in [1.82, 2.24) is 0 Å². The van der Waals surface area contributed by atoms with Gasteiger partial charge < -0.3 is 10.2 Å². The van der Waals surface area contributed by atoms with E-state index in [-0.39, 0.29) is 18.6 Å². The van der Waals surface area contributed by atoms with Gasteiger partial charge >= 0.3 is 5.97 Å². The van der Waals surface area contributed by atoms with Crippen molar-refractivity contribution in [2.75, 3.05) is 0 Å². The van der Waals surface area contributed by atoms with Crippen LogP contribution in [0.2, 0.25) is 0 Å². The maximum absolute atomic E-state index is 14.3. The minimum absolute atomic E-state index is 0.0918. The number of alkyl halides is 1. The molecule has 1 fully saturated rings. The maximum Gasteiger partial charge on any atom is 0.303 e. The lowest BCUT2D eigenvalue weighted by molar-refractivity contribution is -0.137. The first-order valence-corrected chi connectivity index (χ1v) is 10.7. The molecule has 6 heteroatoms. The third kappa shape index (κ3) is 5.61. The van der Waals surface area contributed by atoms with E-state index in [2.05, 4.69) is 0 Å². The van der Waals surface area contributed by atoms with Crippen LogP contribution in [0.15, 0.2) is 54.6 Å². The molecule has 0 spiro atoms. The van der Waals surface area contributed by atoms with Crippen LogP contribution in [0.5, 0.6) is 0 Å². The third-order valence-corrected chi connectivity index (χ3v) is 6.45. The predicted molar refractivity (Wildman–Crippen MR) is 113 cm³/mol. The van der Waals surface area contributed by atoms with Crippen molar-refractivity contribution in [3.8, 4) is 0 Å². The number of ketones is 1. The summed E-state index contributed by atoms with van der Waals surface area (Å²) in [7, 11) is 0. The van der Waals surface area contributed by atoms with Crippen molar-refractivity contribution in [2.24, 2.45) is 11.8 Å². The number of benzene rings is 1. The molecule has 4 nitrogen and oxygen atoms in total. The summed E-state index contributed by atoms with van der Waals surface area (Å²) >= 11 is 1.50. The number of hydrogen-bond donors (Lipinski definition) is 2. The molecule has 0 aliphatic heterocycles. The molecule has 1 saturated carbocycles. The summed E-state index contributed by atoms with van der Waals surface area (Å²) in [5.74, 6) is -1.95. The molecule has 0 radical (unpaired) electrons. The highest BCUT2D eigenvalue weighted by Gasteiger charge is 2.40. The number of thiophene rings is 1. The van der Waals surface area contributed by atoms with Crippen molar-refractivity contribution in [3.63, 3.8) is 0 Å². The van der Waals surface area contributed by atoms with Crippen LogP contribution in [0.1, 0.15) is 43.1 Å². The minimum Gasteiger partial charge on any atom is -0.481 e. The highest BCUT2D eigenvalue weighted by Crippen LogP contribution is 2.37. The lowest BCUT2D eigenvalue weighted by atomic mass is 9.90. The van der Waals surface area contributed by atoms with E-state index in [4.69, 9.17) is 5.11 Å². The molecule has 2 aromatic rings. The fraction of sp³-hybridized carbons (Fsp3) is 0.391. The Morgan fingerprint density at radius 1 is 1.31 bits per heavy atom. The van der Waals surface area contributed by atoms with Crippen LogP contribution in [0, 0.1) is 11.8 Å². The molecule has 1 aliphatic carbocycles. The van der Waals surface area contributed by atoms with Gasteiger partial charge in [-0.15, -0.1) is 11.3 Å². The van der Waals surface area contributed by atoms with Crippen molar-refractivity contribution >= 4 is 33.2 Å². The maximum atomic E-state index is 14.3. The fourth-order valence-corrected chi connectivity index (χ4v) is 4.73. The number of halogens is 1. The zero-order valence-electron chi connectivity index (χ0n) is 16.0. The lowest BCUT2D eigenvalue weighted by Gasteiger charge is -2.15. The van der Waals surface area contributed by atoms with Gasteiger partial charge in [0.2, 0.25) is 0 Å². The van der Waals surface area contributed by atoms with Crippen molar-refractivity contribution in [3.05, 3.63) is 59.5 Å². The first-order valence-electron chi connectivity index (χ1n) is 9.84. The molecule has 1 heterocycles. The van der Waals surface area contributed by atoms with Gasteiger partial charge in [0, 0.05) is 34.3 Å². The Labute approximate surface area is 173 Å². The van der Waals surface area contributed by atoms with Crippen LogP contribution in [0.3, 0.4) is 0 Å². The zero-order valence-corrected chi connectivity index (χ0v) is 16.9. The van der Waals surface area contributed by atoms with Crippen LogP contribution in [0.4, 0.5) is 4.39 Å². The number of carboxylic acids is 1. The average Bonchev–Trinajstić information content (AvgIpc) is 3.23. The van der Waals surface area contributed by atoms with Crippen LogP contribution in [0.25, 0.3) is 10.1 Å². The van der Waals surface area contributed by atoms with Gasteiger partial charge in [0.05, 0.1) is 0 Å². The monoisotopic (exact) mass is 416 g/mol. The number of carbonyl (C=O) groups excluding carboxylic acids is 1. The SMILES string of the molecule is O=C(O)CCC/C=C\C[C@H]1C(F)CC(=O)[C@@H]1/C=C/[C@@H](O)c1cc2ccccc2s1. The first kappa shape index (κ1) is 21.4. The minimum atomic E-state index is -1.19. The van der Waals surface area contributed by atoms with Gasteiger partial charge in [0.15, 0.2) is 0 Å². The van der Waals surface area contributed by atoms with Gasteiger partial charge in [-0.2, -0.15) is 0 Å². The number of rotatable bonds is 9. The number of aliphatic hydroxyl groups excluding tert-OH is 1. The molecular weight excluding hydrogens is 391 g/mol. The Kier molecular flexibility index (Phi) is 7.34. The Balaban J connectivity index is 1.61. The summed E-state index contributed by atoms with van der Waals surface area (Å²) < 4.78 is 15.4. The number of carboxylic acid groups (broad SMARTS) is 1. The highest BCUT2D eigenvalue weighted by molar-refractivity contribution is 7.19. The van der Waals surface area contributed by atoms with E-state index < -0.39 is 30.1 Å². The van der Waals surface area contributed by atoms with Gasteiger partial charge in [0.25, 0.3) is 0 Å².